The summed E-state index contributed by atoms with van der Waals surface area (Å²) in [5.74, 6) is 1.19. The number of hydrogen-bond acceptors (Lipinski definition) is 3. The summed E-state index contributed by atoms with van der Waals surface area (Å²) in [4.78, 5) is 0. The third kappa shape index (κ3) is 5.83. The normalized spacial score (nSPS) is 25.5. The van der Waals surface area contributed by atoms with Gasteiger partial charge in [-0.1, -0.05) is 20.3 Å². The Kier molecular flexibility index (Phi) is 7.01. The molecule has 0 radical (unpaired) electrons. The van der Waals surface area contributed by atoms with E-state index in [1.807, 2.05) is 0 Å². The number of hydrogen-bond donors (Lipinski definition) is 2. The van der Waals surface area contributed by atoms with Crippen molar-refractivity contribution in [2.24, 2.45) is 11.8 Å². The summed E-state index contributed by atoms with van der Waals surface area (Å²) in [5, 5.41) is 13.0. The van der Waals surface area contributed by atoms with Gasteiger partial charge in [0.05, 0.1) is 12.7 Å². The molecule has 3 heteroatoms. The van der Waals surface area contributed by atoms with Crippen LogP contribution in [0, 0.1) is 11.8 Å². The first-order valence-electron chi connectivity index (χ1n) is 6.66. The minimum Gasteiger partial charge on any atom is -0.393 e. The molecule has 0 bridgehead atoms. The average molecular weight is 229 g/mol. The molecule has 0 heterocycles. The molecule has 2 atom stereocenters. The third-order valence-corrected chi connectivity index (χ3v) is 3.29. The van der Waals surface area contributed by atoms with Crippen molar-refractivity contribution < 1.29 is 9.84 Å². The summed E-state index contributed by atoms with van der Waals surface area (Å²) >= 11 is 0. The van der Waals surface area contributed by atoms with Gasteiger partial charge in [-0.15, -0.1) is 0 Å². The van der Waals surface area contributed by atoms with Crippen LogP contribution in [0.15, 0.2) is 0 Å². The molecule has 2 N–H and O–H groups in total. The Morgan fingerprint density at radius 3 is 2.75 bits per heavy atom. The van der Waals surface area contributed by atoms with Gasteiger partial charge in [0, 0.05) is 19.7 Å². The Morgan fingerprint density at radius 2 is 2.12 bits per heavy atom. The zero-order chi connectivity index (χ0) is 11.8. The highest BCUT2D eigenvalue weighted by Crippen LogP contribution is 2.24. The molecule has 96 valence electrons. The fourth-order valence-corrected chi connectivity index (χ4v) is 2.11. The second kappa shape index (κ2) is 8.04. The molecule has 1 fully saturated rings. The van der Waals surface area contributed by atoms with Gasteiger partial charge in [0.2, 0.25) is 0 Å². The maximum atomic E-state index is 9.62. The predicted molar refractivity (Wildman–Crippen MR) is 66.5 cm³/mol. The van der Waals surface area contributed by atoms with Crippen molar-refractivity contribution in [2.75, 3.05) is 26.3 Å². The largest absolute Gasteiger partial charge is 0.393 e. The van der Waals surface area contributed by atoms with E-state index in [0.29, 0.717) is 5.92 Å². The van der Waals surface area contributed by atoms with Gasteiger partial charge in [-0.05, 0) is 31.1 Å². The van der Waals surface area contributed by atoms with Crippen LogP contribution in [-0.4, -0.2) is 37.5 Å². The van der Waals surface area contributed by atoms with E-state index < -0.39 is 0 Å². The number of aliphatic hydroxyl groups is 1. The van der Waals surface area contributed by atoms with Crippen molar-refractivity contribution in [2.45, 2.75) is 45.6 Å². The molecule has 0 aromatic rings. The lowest BCUT2D eigenvalue weighted by Gasteiger charge is -2.15. The summed E-state index contributed by atoms with van der Waals surface area (Å²) < 4.78 is 5.51. The van der Waals surface area contributed by atoms with E-state index in [-0.39, 0.29) is 6.10 Å². The molecule has 0 saturated heterocycles. The van der Waals surface area contributed by atoms with E-state index in [1.165, 1.54) is 12.8 Å². The van der Waals surface area contributed by atoms with E-state index in [9.17, 15) is 5.11 Å². The molecular weight excluding hydrogens is 202 g/mol. The molecule has 0 amide bonds. The van der Waals surface area contributed by atoms with Crippen molar-refractivity contribution in [1.82, 2.24) is 5.32 Å². The van der Waals surface area contributed by atoms with Crippen molar-refractivity contribution >= 4 is 0 Å². The topological polar surface area (TPSA) is 41.5 Å². The van der Waals surface area contributed by atoms with Crippen LogP contribution in [0.25, 0.3) is 0 Å². The molecule has 0 aliphatic heterocycles. The fraction of sp³-hybridized carbons (Fsp3) is 1.00. The van der Waals surface area contributed by atoms with Crippen LogP contribution in [0.3, 0.4) is 0 Å². The van der Waals surface area contributed by atoms with Crippen LogP contribution >= 0.6 is 0 Å². The molecule has 2 unspecified atom stereocenters. The third-order valence-electron chi connectivity index (χ3n) is 3.29. The molecule has 1 aliphatic carbocycles. The zero-order valence-corrected chi connectivity index (χ0v) is 10.7. The number of nitrogens with one attached hydrogen (secondary N) is 1. The molecule has 0 spiro atoms. The maximum Gasteiger partial charge on any atom is 0.0590 e. The van der Waals surface area contributed by atoms with E-state index in [1.54, 1.807) is 0 Å². The number of rotatable bonds is 8. The predicted octanol–water partition coefficient (Wildman–Crippen LogP) is 1.80. The molecule has 0 aromatic heterocycles. The van der Waals surface area contributed by atoms with Crippen LogP contribution in [-0.2, 0) is 4.74 Å². The SMILES string of the molecule is CC(C)CCOCCNCC1CCCC1O. The summed E-state index contributed by atoms with van der Waals surface area (Å²) in [6.45, 7) is 7.92. The Morgan fingerprint density at radius 1 is 1.31 bits per heavy atom. The van der Waals surface area contributed by atoms with Gasteiger partial charge in [-0.25, -0.2) is 0 Å². The van der Waals surface area contributed by atoms with Crippen LogP contribution in [0.2, 0.25) is 0 Å². The summed E-state index contributed by atoms with van der Waals surface area (Å²) in [6, 6.07) is 0. The molecule has 1 rings (SSSR count). The molecule has 16 heavy (non-hydrogen) atoms. The smallest absolute Gasteiger partial charge is 0.0590 e. The van der Waals surface area contributed by atoms with Gasteiger partial charge in [0.1, 0.15) is 0 Å². The zero-order valence-electron chi connectivity index (χ0n) is 10.7. The number of aliphatic hydroxyl groups excluding tert-OH is 1. The van der Waals surface area contributed by atoms with Crippen LogP contribution in [0.5, 0.6) is 0 Å². The first kappa shape index (κ1) is 13.9. The highest BCUT2D eigenvalue weighted by molar-refractivity contribution is 4.77. The molecule has 1 aliphatic rings. The minimum atomic E-state index is -0.0747. The summed E-state index contributed by atoms with van der Waals surface area (Å²) in [5.41, 5.74) is 0. The Labute approximate surface area is 99.6 Å². The highest BCUT2D eigenvalue weighted by atomic mass is 16.5. The lowest BCUT2D eigenvalue weighted by Crippen LogP contribution is -2.30. The highest BCUT2D eigenvalue weighted by Gasteiger charge is 2.24. The summed E-state index contributed by atoms with van der Waals surface area (Å²) in [6.07, 6.45) is 4.40. The van der Waals surface area contributed by atoms with E-state index >= 15 is 0 Å². The van der Waals surface area contributed by atoms with Crippen LogP contribution in [0.4, 0.5) is 0 Å². The van der Waals surface area contributed by atoms with Gasteiger partial charge >= 0.3 is 0 Å². The first-order chi connectivity index (χ1) is 7.70. The fourth-order valence-electron chi connectivity index (χ4n) is 2.11. The molecule has 1 saturated carbocycles. The monoisotopic (exact) mass is 229 g/mol. The van der Waals surface area contributed by atoms with Crippen molar-refractivity contribution in [3.8, 4) is 0 Å². The van der Waals surface area contributed by atoms with Crippen LogP contribution < -0.4 is 5.32 Å². The first-order valence-corrected chi connectivity index (χ1v) is 6.66. The van der Waals surface area contributed by atoms with Gasteiger partial charge in [-0.2, -0.15) is 0 Å². The van der Waals surface area contributed by atoms with Gasteiger partial charge in [0.15, 0.2) is 0 Å². The lowest BCUT2D eigenvalue weighted by atomic mass is 10.1. The lowest BCUT2D eigenvalue weighted by molar-refractivity contribution is 0.114. The van der Waals surface area contributed by atoms with E-state index in [0.717, 1.165) is 45.1 Å². The van der Waals surface area contributed by atoms with E-state index in [2.05, 4.69) is 19.2 Å². The molecular formula is C13H27NO2. The Hall–Kier alpha value is -0.120. The summed E-state index contributed by atoms with van der Waals surface area (Å²) in [7, 11) is 0. The van der Waals surface area contributed by atoms with Gasteiger partial charge in [-0.3, -0.25) is 0 Å². The van der Waals surface area contributed by atoms with Crippen molar-refractivity contribution in [1.29, 1.82) is 0 Å². The van der Waals surface area contributed by atoms with E-state index in [4.69, 9.17) is 4.74 Å². The molecule has 0 aromatic carbocycles. The molecule has 3 nitrogen and oxygen atoms in total. The average Bonchev–Trinajstić information content (AvgIpc) is 2.62. The Bertz CT molecular complexity index is 173. The van der Waals surface area contributed by atoms with Gasteiger partial charge in [0.25, 0.3) is 0 Å². The second-order valence-electron chi connectivity index (χ2n) is 5.26. The number of ether oxygens (including phenoxy) is 1. The quantitative estimate of drug-likeness (QED) is 0.624. The minimum absolute atomic E-state index is 0.0747. The maximum absolute atomic E-state index is 9.62. The standard InChI is InChI=1S/C13H27NO2/c1-11(2)6-8-16-9-7-14-10-12-4-3-5-13(12)15/h11-15H,3-10H2,1-2H3. The van der Waals surface area contributed by atoms with Crippen LogP contribution in [0.1, 0.15) is 39.5 Å². The van der Waals surface area contributed by atoms with Crippen molar-refractivity contribution in [3.05, 3.63) is 0 Å². The second-order valence-corrected chi connectivity index (χ2v) is 5.26. The van der Waals surface area contributed by atoms with Gasteiger partial charge < -0.3 is 15.2 Å². The Balaban J connectivity index is 1.84. The van der Waals surface area contributed by atoms with Crippen molar-refractivity contribution in [3.63, 3.8) is 0 Å².